The average molecular weight is 497 g/mol. The van der Waals surface area contributed by atoms with E-state index in [1.54, 1.807) is 0 Å². The summed E-state index contributed by atoms with van der Waals surface area (Å²) in [6, 6.07) is 13.1. The number of rotatable bonds is 6. The zero-order valence-corrected chi connectivity index (χ0v) is 19.3. The topological polar surface area (TPSA) is 65.7 Å². The van der Waals surface area contributed by atoms with Gasteiger partial charge in [0.05, 0.1) is 5.69 Å². The minimum absolute atomic E-state index is 0. The molecule has 2 aromatic rings. The lowest BCUT2D eigenvalue weighted by atomic mass is 10.0. The molecule has 0 atom stereocenters. The number of guanidine groups is 1. The van der Waals surface area contributed by atoms with Gasteiger partial charge in [-0.25, -0.2) is 4.99 Å². The molecule has 0 bridgehead atoms. The van der Waals surface area contributed by atoms with Gasteiger partial charge >= 0.3 is 0 Å². The minimum atomic E-state index is 0. The van der Waals surface area contributed by atoms with E-state index in [0.717, 1.165) is 49.9 Å². The lowest BCUT2D eigenvalue weighted by Crippen LogP contribution is -2.48. The highest BCUT2D eigenvalue weighted by atomic mass is 127. The van der Waals surface area contributed by atoms with Gasteiger partial charge in [-0.15, -0.1) is 24.0 Å². The van der Waals surface area contributed by atoms with Gasteiger partial charge in [0.1, 0.15) is 6.54 Å². The number of nitrogens with one attached hydrogen (secondary N) is 2. The van der Waals surface area contributed by atoms with Gasteiger partial charge in [0.2, 0.25) is 0 Å². The Labute approximate surface area is 185 Å². The maximum absolute atomic E-state index is 5.39. The summed E-state index contributed by atoms with van der Waals surface area (Å²) in [5, 5.41) is 11.0. The van der Waals surface area contributed by atoms with Crippen LogP contribution in [0.3, 0.4) is 0 Å². The molecule has 7 heteroatoms. The van der Waals surface area contributed by atoms with E-state index in [9.17, 15) is 0 Å². The SMILES string of the molecule is CCNC(=NCc1cc(C(C)C)no1)NC1CCN(c2ccccc2)CC1.I. The molecule has 2 heterocycles. The molecule has 1 aromatic heterocycles. The first kappa shape index (κ1) is 22.5. The van der Waals surface area contributed by atoms with Crippen molar-refractivity contribution < 1.29 is 4.52 Å². The Kier molecular flexibility index (Phi) is 9.08. The molecule has 1 aliphatic rings. The van der Waals surface area contributed by atoms with Crippen LogP contribution in [0.1, 0.15) is 51.0 Å². The van der Waals surface area contributed by atoms with Crippen molar-refractivity contribution >= 4 is 35.6 Å². The van der Waals surface area contributed by atoms with Crippen LogP contribution in [0.5, 0.6) is 0 Å². The van der Waals surface area contributed by atoms with Crippen molar-refractivity contribution in [3.05, 3.63) is 47.9 Å². The van der Waals surface area contributed by atoms with Crippen LogP contribution in [0.2, 0.25) is 0 Å². The lowest BCUT2D eigenvalue weighted by molar-refractivity contribution is 0.376. The molecule has 0 unspecified atom stereocenters. The molecule has 1 saturated heterocycles. The zero-order valence-electron chi connectivity index (χ0n) is 17.0. The van der Waals surface area contributed by atoms with Crippen LogP contribution in [0.4, 0.5) is 5.69 Å². The summed E-state index contributed by atoms with van der Waals surface area (Å²) in [6.07, 6.45) is 2.19. The third-order valence-corrected chi connectivity index (χ3v) is 4.86. The normalized spacial score (nSPS) is 15.4. The van der Waals surface area contributed by atoms with Gasteiger partial charge < -0.3 is 20.1 Å². The molecule has 1 aliphatic heterocycles. The number of benzene rings is 1. The molecular formula is C21H32IN5O. The highest BCUT2D eigenvalue weighted by Gasteiger charge is 2.20. The number of aliphatic imine (C=N–C) groups is 1. The summed E-state index contributed by atoms with van der Waals surface area (Å²) in [4.78, 5) is 7.12. The highest BCUT2D eigenvalue weighted by molar-refractivity contribution is 14.0. The first-order valence-corrected chi connectivity index (χ1v) is 9.96. The molecule has 154 valence electrons. The standard InChI is InChI=1S/C21H31N5O.HI/c1-4-22-21(23-15-19-14-20(16(2)3)25-27-19)24-17-10-12-26(13-11-17)18-8-6-5-7-9-18;/h5-9,14,16-17H,4,10-13,15H2,1-3H3,(H2,22,23,24);1H. The van der Waals surface area contributed by atoms with Gasteiger partial charge in [0, 0.05) is 37.4 Å². The van der Waals surface area contributed by atoms with Crippen LogP contribution in [0.25, 0.3) is 0 Å². The molecule has 1 aromatic carbocycles. The Morgan fingerprint density at radius 3 is 2.57 bits per heavy atom. The van der Waals surface area contributed by atoms with Gasteiger partial charge in [-0.3, -0.25) is 0 Å². The van der Waals surface area contributed by atoms with Crippen LogP contribution in [0.15, 0.2) is 45.9 Å². The Bertz CT molecular complexity index is 723. The van der Waals surface area contributed by atoms with Gasteiger partial charge in [0.25, 0.3) is 0 Å². The maximum Gasteiger partial charge on any atom is 0.191 e. The number of para-hydroxylation sites is 1. The number of aromatic nitrogens is 1. The van der Waals surface area contributed by atoms with Crippen LogP contribution in [-0.2, 0) is 6.54 Å². The Balaban J connectivity index is 0.00000280. The third-order valence-electron chi connectivity index (χ3n) is 4.86. The number of nitrogens with zero attached hydrogens (tertiary/aromatic N) is 3. The summed E-state index contributed by atoms with van der Waals surface area (Å²) in [6.45, 7) is 9.75. The Morgan fingerprint density at radius 1 is 1.25 bits per heavy atom. The molecule has 6 nitrogen and oxygen atoms in total. The van der Waals surface area contributed by atoms with Crippen molar-refractivity contribution in [2.24, 2.45) is 4.99 Å². The van der Waals surface area contributed by atoms with E-state index in [4.69, 9.17) is 4.52 Å². The van der Waals surface area contributed by atoms with E-state index in [0.29, 0.717) is 18.5 Å². The zero-order chi connectivity index (χ0) is 19.1. The second-order valence-corrected chi connectivity index (χ2v) is 7.31. The fraction of sp³-hybridized carbons (Fsp3) is 0.524. The maximum atomic E-state index is 5.39. The average Bonchev–Trinajstić information content (AvgIpc) is 3.17. The summed E-state index contributed by atoms with van der Waals surface area (Å²) in [5.41, 5.74) is 2.29. The predicted molar refractivity (Wildman–Crippen MR) is 126 cm³/mol. The van der Waals surface area contributed by atoms with Crippen LogP contribution in [-0.4, -0.2) is 36.8 Å². The van der Waals surface area contributed by atoms with E-state index in [1.165, 1.54) is 5.69 Å². The predicted octanol–water partition coefficient (Wildman–Crippen LogP) is 4.14. The summed E-state index contributed by atoms with van der Waals surface area (Å²) < 4.78 is 5.39. The van der Waals surface area contributed by atoms with Crippen molar-refractivity contribution in [3.63, 3.8) is 0 Å². The summed E-state index contributed by atoms with van der Waals surface area (Å²) in [7, 11) is 0. The van der Waals surface area contributed by atoms with Gasteiger partial charge in [-0.05, 0) is 37.8 Å². The van der Waals surface area contributed by atoms with Crippen LogP contribution >= 0.6 is 24.0 Å². The van der Waals surface area contributed by atoms with E-state index in [2.05, 4.69) is 76.8 Å². The molecule has 0 amide bonds. The monoisotopic (exact) mass is 497 g/mol. The number of halogens is 1. The Hall–Kier alpha value is -1.77. The van der Waals surface area contributed by atoms with Crippen molar-refractivity contribution in [2.75, 3.05) is 24.5 Å². The van der Waals surface area contributed by atoms with Crippen LogP contribution < -0.4 is 15.5 Å². The first-order chi connectivity index (χ1) is 13.2. The van der Waals surface area contributed by atoms with Crippen LogP contribution in [0, 0.1) is 0 Å². The molecule has 2 N–H and O–H groups in total. The molecular weight excluding hydrogens is 465 g/mol. The molecule has 3 rings (SSSR count). The number of hydrogen-bond donors (Lipinski definition) is 2. The summed E-state index contributed by atoms with van der Waals surface area (Å²) >= 11 is 0. The van der Waals surface area contributed by atoms with Gasteiger partial charge in [-0.1, -0.05) is 37.2 Å². The van der Waals surface area contributed by atoms with Gasteiger partial charge in [0.15, 0.2) is 11.7 Å². The molecule has 0 aliphatic carbocycles. The largest absolute Gasteiger partial charge is 0.371 e. The minimum Gasteiger partial charge on any atom is -0.371 e. The number of anilines is 1. The van der Waals surface area contributed by atoms with Crippen molar-refractivity contribution in [3.8, 4) is 0 Å². The van der Waals surface area contributed by atoms with Crippen molar-refractivity contribution in [2.45, 2.75) is 52.1 Å². The van der Waals surface area contributed by atoms with E-state index in [1.807, 2.05) is 6.07 Å². The first-order valence-electron chi connectivity index (χ1n) is 9.96. The molecule has 28 heavy (non-hydrogen) atoms. The smallest absolute Gasteiger partial charge is 0.191 e. The second kappa shape index (κ2) is 11.3. The second-order valence-electron chi connectivity index (χ2n) is 7.31. The van der Waals surface area contributed by atoms with E-state index >= 15 is 0 Å². The molecule has 0 radical (unpaired) electrons. The number of piperidine rings is 1. The molecule has 1 fully saturated rings. The quantitative estimate of drug-likeness (QED) is 0.357. The number of hydrogen-bond acceptors (Lipinski definition) is 4. The molecule has 0 saturated carbocycles. The van der Waals surface area contributed by atoms with Gasteiger partial charge in [-0.2, -0.15) is 0 Å². The van der Waals surface area contributed by atoms with E-state index in [-0.39, 0.29) is 24.0 Å². The summed E-state index contributed by atoms with van der Waals surface area (Å²) in [5.74, 6) is 2.01. The molecule has 0 spiro atoms. The fourth-order valence-electron chi connectivity index (χ4n) is 3.27. The van der Waals surface area contributed by atoms with E-state index < -0.39 is 0 Å². The van der Waals surface area contributed by atoms with Crippen molar-refractivity contribution in [1.82, 2.24) is 15.8 Å². The fourth-order valence-corrected chi connectivity index (χ4v) is 3.27. The lowest BCUT2D eigenvalue weighted by Gasteiger charge is -2.34. The third kappa shape index (κ3) is 6.39. The van der Waals surface area contributed by atoms with Crippen molar-refractivity contribution in [1.29, 1.82) is 0 Å². The Morgan fingerprint density at radius 2 is 1.96 bits per heavy atom. The highest BCUT2D eigenvalue weighted by Crippen LogP contribution is 2.19.